The van der Waals surface area contributed by atoms with Crippen molar-refractivity contribution in [2.75, 3.05) is 6.54 Å². The molecule has 2 unspecified atom stereocenters. The zero-order valence-corrected chi connectivity index (χ0v) is 26.0. The second kappa shape index (κ2) is 17.6. The van der Waals surface area contributed by atoms with E-state index in [1.807, 2.05) is 0 Å². The summed E-state index contributed by atoms with van der Waals surface area (Å²) in [7, 11) is 0. The lowest BCUT2D eigenvalue weighted by Crippen LogP contribution is -2.54. The topological polar surface area (TPSA) is 151 Å². The number of carbonyl (C=O) groups is 4. The Labute approximate surface area is 251 Å². The third kappa shape index (κ3) is 12.3. The summed E-state index contributed by atoms with van der Waals surface area (Å²) in [5.74, 6) is -1.64. The Morgan fingerprint density at radius 1 is 1.02 bits per heavy atom. The maximum absolute atomic E-state index is 14.3. The number of phenolic OH excluding ortho intramolecular Hbond substituents is 1. The highest BCUT2D eigenvalue weighted by molar-refractivity contribution is 5.93. The molecule has 2 atom stereocenters. The van der Waals surface area contributed by atoms with E-state index in [2.05, 4.69) is 17.6 Å². The lowest BCUT2D eigenvalue weighted by atomic mass is 9.94. The number of nitrogens with one attached hydrogen (secondary N) is 2. The predicted molar refractivity (Wildman–Crippen MR) is 163 cm³/mol. The monoisotopic (exact) mass is 588 g/mol. The Morgan fingerprint density at radius 3 is 2.29 bits per heavy atom. The molecule has 10 nitrogen and oxygen atoms in total. The Bertz CT molecular complexity index is 1020. The van der Waals surface area contributed by atoms with Gasteiger partial charge < -0.3 is 31.1 Å². The zero-order valence-electron chi connectivity index (χ0n) is 26.0. The lowest BCUT2D eigenvalue weighted by molar-refractivity contribution is -0.143. The van der Waals surface area contributed by atoms with Crippen LogP contribution in [0, 0.1) is 0 Å². The molecule has 236 valence electrons. The largest absolute Gasteiger partial charge is 0.508 e. The van der Waals surface area contributed by atoms with Gasteiger partial charge in [-0.15, -0.1) is 0 Å². The van der Waals surface area contributed by atoms with Crippen molar-refractivity contribution in [3.05, 3.63) is 29.8 Å². The summed E-state index contributed by atoms with van der Waals surface area (Å²) in [5.41, 5.74) is 4.90. The van der Waals surface area contributed by atoms with E-state index in [1.165, 1.54) is 11.0 Å². The molecular weight excluding hydrogens is 536 g/mol. The Kier molecular flexibility index (Phi) is 14.6. The van der Waals surface area contributed by atoms with Crippen LogP contribution in [0.3, 0.4) is 0 Å². The number of primary amides is 1. The first-order valence-electron chi connectivity index (χ1n) is 15.6. The molecule has 0 spiro atoms. The Hall–Kier alpha value is -3.30. The van der Waals surface area contributed by atoms with E-state index < -0.39 is 35.6 Å². The molecule has 0 bridgehead atoms. The average molecular weight is 589 g/mol. The number of benzene rings is 1. The van der Waals surface area contributed by atoms with Crippen LogP contribution in [0.25, 0.3) is 0 Å². The first kappa shape index (κ1) is 34.9. The fraction of sp³-hybridized carbons (Fsp3) is 0.688. The molecular formula is C32H52N4O6. The molecule has 4 amide bonds. The lowest BCUT2D eigenvalue weighted by Gasteiger charge is -2.36. The van der Waals surface area contributed by atoms with E-state index in [-0.39, 0.29) is 37.1 Å². The molecule has 10 heteroatoms. The second-order valence-electron chi connectivity index (χ2n) is 12.3. The molecule has 2 rings (SSSR count). The molecule has 42 heavy (non-hydrogen) atoms. The van der Waals surface area contributed by atoms with E-state index >= 15 is 0 Å². The van der Waals surface area contributed by atoms with Crippen molar-refractivity contribution in [2.24, 2.45) is 5.73 Å². The molecule has 1 fully saturated rings. The molecule has 1 aliphatic carbocycles. The van der Waals surface area contributed by atoms with Gasteiger partial charge in [0.2, 0.25) is 17.7 Å². The number of unbranched alkanes of at least 4 members (excludes halogenated alkanes) is 5. The van der Waals surface area contributed by atoms with Crippen molar-refractivity contribution in [1.29, 1.82) is 0 Å². The molecule has 0 aromatic heterocycles. The smallest absolute Gasteiger partial charge is 0.408 e. The van der Waals surface area contributed by atoms with Crippen LogP contribution >= 0.6 is 0 Å². The number of aromatic hydroxyl groups is 1. The van der Waals surface area contributed by atoms with Crippen LogP contribution < -0.4 is 16.4 Å². The highest BCUT2D eigenvalue weighted by Gasteiger charge is 2.38. The maximum Gasteiger partial charge on any atom is 0.408 e. The van der Waals surface area contributed by atoms with E-state index in [1.54, 1.807) is 39.0 Å². The minimum absolute atomic E-state index is 0.0175. The number of nitrogens with two attached hydrogens (primary N) is 1. The summed E-state index contributed by atoms with van der Waals surface area (Å²) < 4.78 is 5.40. The molecule has 0 radical (unpaired) electrons. The van der Waals surface area contributed by atoms with Gasteiger partial charge in [0, 0.05) is 24.6 Å². The summed E-state index contributed by atoms with van der Waals surface area (Å²) in [5, 5.41) is 16.6. The number of hydrogen-bond acceptors (Lipinski definition) is 6. The molecule has 5 N–H and O–H groups in total. The van der Waals surface area contributed by atoms with Crippen LogP contribution in [0.1, 0.15) is 123 Å². The van der Waals surface area contributed by atoms with Crippen LogP contribution in [-0.4, -0.2) is 58.1 Å². The van der Waals surface area contributed by atoms with Gasteiger partial charge in [0.25, 0.3) is 0 Å². The molecule has 0 saturated heterocycles. The summed E-state index contributed by atoms with van der Waals surface area (Å²) in [6.45, 7) is 7.50. The number of nitrogens with zero attached hydrogens (tertiary/aromatic N) is 1. The van der Waals surface area contributed by atoms with Gasteiger partial charge in [-0.05, 0) is 52.5 Å². The number of amides is 4. The van der Waals surface area contributed by atoms with E-state index in [4.69, 9.17) is 10.5 Å². The highest BCUT2D eigenvalue weighted by atomic mass is 16.6. The standard InChI is InChI=1S/C32H52N4O6/c1-5-6-7-8-9-15-22-36(30(40)25(20-21-27(33)38)35-31(41)42-32(2,3)4)28(24-18-13-14-19-26(24)37)29(39)34-23-16-11-10-12-17-23/h13-14,18-19,23,25,28,37H,5-12,15-17,20-22H2,1-4H3,(H2,33,38)(H,34,39)(H,35,41). The second-order valence-corrected chi connectivity index (χ2v) is 12.3. The molecule has 0 heterocycles. The third-order valence-corrected chi connectivity index (χ3v) is 7.45. The van der Waals surface area contributed by atoms with Crippen LogP contribution in [-0.2, 0) is 19.1 Å². The number of carbonyl (C=O) groups excluding carboxylic acids is 4. The normalized spacial score (nSPS) is 15.3. The van der Waals surface area contributed by atoms with Crippen molar-refractivity contribution >= 4 is 23.8 Å². The van der Waals surface area contributed by atoms with Crippen LogP contribution in [0.4, 0.5) is 4.79 Å². The molecule has 1 aromatic rings. The van der Waals surface area contributed by atoms with Gasteiger partial charge in [-0.25, -0.2) is 4.79 Å². The van der Waals surface area contributed by atoms with Gasteiger partial charge >= 0.3 is 6.09 Å². The fourth-order valence-corrected chi connectivity index (χ4v) is 5.32. The van der Waals surface area contributed by atoms with Crippen molar-refractivity contribution in [2.45, 2.75) is 135 Å². The van der Waals surface area contributed by atoms with Crippen molar-refractivity contribution in [1.82, 2.24) is 15.5 Å². The SMILES string of the molecule is CCCCCCCCN(C(=O)C(CCC(N)=O)NC(=O)OC(C)(C)C)C(C(=O)NC1CCCCC1)c1ccccc1O. The molecule has 1 aliphatic rings. The van der Waals surface area contributed by atoms with Crippen LogP contribution in [0.2, 0.25) is 0 Å². The van der Waals surface area contributed by atoms with Crippen molar-refractivity contribution in [3.63, 3.8) is 0 Å². The van der Waals surface area contributed by atoms with Crippen LogP contribution in [0.5, 0.6) is 5.75 Å². The molecule has 1 saturated carbocycles. The Balaban J connectivity index is 2.46. The first-order chi connectivity index (χ1) is 19.9. The fourth-order valence-electron chi connectivity index (χ4n) is 5.32. The third-order valence-electron chi connectivity index (χ3n) is 7.45. The predicted octanol–water partition coefficient (Wildman–Crippen LogP) is 5.23. The number of alkyl carbamates (subject to hydrolysis) is 1. The average Bonchev–Trinajstić information content (AvgIpc) is 2.92. The van der Waals surface area contributed by atoms with E-state index in [0.29, 0.717) is 12.0 Å². The number of ether oxygens (including phenoxy) is 1. The van der Waals surface area contributed by atoms with Crippen molar-refractivity contribution < 1.29 is 29.0 Å². The molecule has 0 aliphatic heterocycles. The van der Waals surface area contributed by atoms with Gasteiger partial charge in [0.15, 0.2) is 0 Å². The maximum atomic E-state index is 14.3. The Morgan fingerprint density at radius 2 is 1.67 bits per heavy atom. The zero-order chi connectivity index (χ0) is 31.1. The highest BCUT2D eigenvalue weighted by Crippen LogP contribution is 2.31. The summed E-state index contributed by atoms with van der Waals surface area (Å²) in [6, 6.07) is 4.20. The van der Waals surface area contributed by atoms with Gasteiger partial charge in [-0.3, -0.25) is 14.4 Å². The van der Waals surface area contributed by atoms with Crippen molar-refractivity contribution in [3.8, 4) is 5.75 Å². The first-order valence-corrected chi connectivity index (χ1v) is 15.6. The van der Waals surface area contributed by atoms with E-state index in [0.717, 1.165) is 64.2 Å². The molecule has 1 aromatic carbocycles. The number of phenols is 1. The quantitative estimate of drug-likeness (QED) is 0.194. The van der Waals surface area contributed by atoms with Gasteiger partial charge in [0.1, 0.15) is 23.4 Å². The van der Waals surface area contributed by atoms with Gasteiger partial charge in [-0.1, -0.05) is 76.5 Å². The van der Waals surface area contributed by atoms with E-state index in [9.17, 15) is 24.3 Å². The number of rotatable bonds is 16. The van der Waals surface area contributed by atoms with Crippen LogP contribution in [0.15, 0.2) is 24.3 Å². The number of para-hydroxylation sites is 1. The summed E-state index contributed by atoms with van der Waals surface area (Å²) in [4.78, 5) is 54.2. The van der Waals surface area contributed by atoms with Gasteiger partial charge in [0.05, 0.1) is 0 Å². The number of hydrogen-bond donors (Lipinski definition) is 4. The summed E-state index contributed by atoms with van der Waals surface area (Å²) in [6.07, 6.45) is 9.64. The van der Waals surface area contributed by atoms with Gasteiger partial charge in [-0.2, -0.15) is 0 Å². The minimum Gasteiger partial charge on any atom is -0.508 e. The minimum atomic E-state index is -1.16. The summed E-state index contributed by atoms with van der Waals surface area (Å²) >= 11 is 0.